The van der Waals surface area contributed by atoms with E-state index in [0.717, 1.165) is 31.0 Å². The van der Waals surface area contributed by atoms with Gasteiger partial charge in [-0.15, -0.1) is 0 Å². The molecule has 2 aliphatic heterocycles. The average molecular weight is 412 g/mol. The van der Waals surface area contributed by atoms with Gasteiger partial charge in [-0.05, 0) is 37.1 Å². The number of amides is 2. The van der Waals surface area contributed by atoms with Crippen LogP contribution in [0, 0.1) is 5.92 Å². The van der Waals surface area contributed by atoms with Crippen LogP contribution in [0.15, 0.2) is 29.2 Å². The van der Waals surface area contributed by atoms with Crippen LogP contribution in [0.1, 0.15) is 19.8 Å². The zero-order valence-corrected chi connectivity index (χ0v) is 17.0. The summed E-state index contributed by atoms with van der Waals surface area (Å²) < 4.78 is 27.4. The second-order valence-electron chi connectivity index (χ2n) is 6.85. The molecular formula is C18H25N3O4S2. The van der Waals surface area contributed by atoms with Crippen LogP contribution in [0.5, 0.6) is 0 Å². The number of sulfonamides is 1. The summed E-state index contributed by atoms with van der Waals surface area (Å²) in [6.45, 7) is 3.55. The van der Waals surface area contributed by atoms with E-state index in [-0.39, 0.29) is 29.2 Å². The fraction of sp³-hybridized carbons (Fsp3) is 0.556. The lowest BCUT2D eigenvalue weighted by molar-refractivity contribution is -0.136. The van der Waals surface area contributed by atoms with Crippen LogP contribution in [-0.4, -0.2) is 67.1 Å². The SMILES string of the molecule is CC(=O)Nc1ccc(S(=O)(=O)N2CCCC(C(=O)N3CCSCC3)C2)cc1. The highest BCUT2D eigenvalue weighted by Gasteiger charge is 2.35. The third kappa shape index (κ3) is 4.83. The van der Waals surface area contributed by atoms with Gasteiger partial charge < -0.3 is 10.2 Å². The maximum Gasteiger partial charge on any atom is 0.243 e. The van der Waals surface area contributed by atoms with Crippen molar-refractivity contribution >= 4 is 39.3 Å². The summed E-state index contributed by atoms with van der Waals surface area (Å²) in [4.78, 5) is 25.9. The first kappa shape index (κ1) is 20.2. The Bertz CT molecular complexity index is 789. The number of anilines is 1. The van der Waals surface area contributed by atoms with Crippen LogP contribution in [0.2, 0.25) is 0 Å². The van der Waals surface area contributed by atoms with Crippen molar-refractivity contribution in [1.29, 1.82) is 0 Å². The van der Waals surface area contributed by atoms with Crippen LogP contribution in [0.25, 0.3) is 0 Å². The van der Waals surface area contributed by atoms with Crippen molar-refractivity contribution < 1.29 is 18.0 Å². The summed E-state index contributed by atoms with van der Waals surface area (Å²) in [7, 11) is -3.66. The van der Waals surface area contributed by atoms with Gasteiger partial charge >= 0.3 is 0 Å². The zero-order chi connectivity index (χ0) is 19.4. The van der Waals surface area contributed by atoms with Crippen molar-refractivity contribution in [3.05, 3.63) is 24.3 Å². The lowest BCUT2D eigenvalue weighted by Crippen LogP contribution is -2.48. The molecule has 1 aromatic carbocycles. The molecule has 1 N–H and O–H groups in total. The number of hydrogen-bond acceptors (Lipinski definition) is 5. The molecule has 3 rings (SSSR count). The molecule has 0 aliphatic carbocycles. The standard InChI is InChI=1S/C18H25N3O4S2/c1-14(22)19-16-4-6-17(7-5-16)27(24,25)21-8-2-3-15(13-21)18(23)20-9-11-26-12-10-20/h4-7,15H,2-3,8-13H2,1H3,(H,19,22). The van der Waals surface area contributed by atoms with Gasteiger partial charge in [0, 0.05) is 50.3 Å². The molecule has 148 valence electrons. The van der Waals surface area contributed by atoms with E-state index in [2.05, 4.69) is 5.32 Å². The second kappa shape index (κ2) is 8.62. The molecule has 1 unspecified atom stereocenters. The van der Waals surface area contributed by atoms with Crippen molar-refractivity contribution in [2.45, 2.75) is 24.7 Å². The van der Waals surface area contributed by atoms with E-state index in [4.69, 9.17) is 0 Å². The number of thioether (sulfide) groups is 1. The van der Waals surface area contributed by atoms with Gasteiger partial charge in [0.2, 0.25) is 21.8 Å². The highest BCUT2D eigenvalue weighted by atomic mass is 32.2. The Labute approximate surface area is 164 Å². The molecule has 1 aromatic rings. The minimum atomic E-state index is -3.66. The van der Waals surface area contributed by atoms with Crippen molar-refractivity contribution in [3.8, 4) is 0 Å². The lowest BCUT2D eigenvalue weighted by atomic mass is 9.98. The van der Waals surface area contributed by atoms with Gasteiger partial charge in [0.25, 0.3) is 0 Å². The number of nitrogens with zero attached hydrogens (tertiary/aromatic N) is 2. The van der Waals surface area contributed by atoms with E-state index in [0.29, 0.717) is 18.7 Å². The van der Waals surface area contributed by atoms with Crippen LogP contribution in [0.3, 0.4) is 0 Å². The van der Waals surface area contributed by atoms with E-state index in [9.17, 15) is 18.0 Å². The first-order valence-corrected chi connectivity index (χ1v) is 11.7. The summed E-state index contributed by atoms with van der Waals surface area (Å²) in [6, 6.07) is 6.14. The van der Waals surface area contributed by atoms with Crippen LogP contribution >= 0.6 is 11.8 Å². The molecule has 0 saturated carbocycles. The van der Waals surface area contributed by atoms with Crippen LogP contribution in [-0.2, 0) is 19.6 Å². The molecule has 0 radical (unpaired) electrons. The van der Waals surface area contributed by atoms with Gasteiger partial charge in [0.05, 0.1) is 10.8 Å². The van der Waals surface area contributed by atoms with Crippen LogP contribution < -0.4 is 5.32 Å². The molecule has 9 heteroatoms. The molecule has 2 fully saturated rings. The maximum absolute atomic E-state index is 13.0. The molecule has 1 atom stereocenters. The second-order valence-corrected chi connectivity index (χ2v) is 10.0. The maximum atomic E-state index is 13.0. The van der Waals surface area contributed by atoms with Crippen molar-refractivity contribution in [2.24, 2.45) is 5.92 Å². The summed E-state index contributed by atoms with van der Waals surface area (Å²) in [5.41, 5.74) is 0.552. The topological polar surface area (TPSA) is 86.8 Å². The molecule has 7 nitrogen and oxygen atoms in total. The van der Waals surface area contributed by atoms with E-state index in [1.54, 1.807) is 12.1 Å². The third-order valence-electron chi connectivity index (χ3n) is 4.87. The molecular weight excluding hydrogens is 386 g/mol. The number of rotatable bonds is 4. The fourth-order valence-corrected chi connectivity index (χ4v) is 5.89. The lowest BCUT2D eigenvalue weighted by Gasteiger charge is -2.35. The highest BCUT2D eigenvalue weighted by Crippen LogP contribution is 2.26. The van der Waals surface area contributed by atoms with Gasteiger partial charge in [-0.1, -0.05) is 0 Å². The molecule has 0 spiro atoms. The number of carbonyl (C=O) groups excluding carboxylic acids is 2. The molecule has 2 amide bonds. The fourth-order valence-electron chi connectivity index (χ4n) is 3.47. The van der Waals surface area contributed by atoms with Crippen LogP contribution in [0.4, 0.5) is 5.69 Å². The molecule has 2 aliphatic rings. The Morgan fingerprint density at radius 1 is 1.11 bits per heavy atom. The predicted molar refractivity (Wildman–Crippen MR) is 106 cm³/mol. The minimum Gasteiger partial charge on any atom is -0.341 e. The van der Waals surface area contributed by atoms with Crippen molar-refractivity contribution in [2.75, 3.05) is 43.0 Å². The van der Waals surface area contributed by atoms with E-state index in [1.807, 2.05) is 16.7 Å². The smallest absolute Gasteiger partial charge is 0.243 e. The average Bonchev–Trinajstić information content (AvgIpc) is 2.68. The first-order valence-electron chi connectivity index (χ1n) is 9.12. The predicted octanol–water partition coefficient (Wildman–Crippen LogP) is 1.62. The quantitative estimate of drug-likeness (QED) is 0.814. The molecule has 0 bridgehead atoms. The Hall–Kier alpha value is -1.58. The Morgan fingerprint density at radius 2 is 1.78 bits per heavy atom. The van der Waals surface area contributed by atoms with Gasteiger partial charge in [0.15, 0.2) is 0 Å². The van der Waals surface area contributed by atoms with E-state index < -0.39 is 10.0 Å². The van der Waals surface area contributed by atoms with Gasteiger partial charge in [0.1, 0.15) is 0 Å². The number of benzene rings is 1. The molecule has 27 heavy (non-hydrogen) atoms. The number of nitrogens with one attached hydrogen (secondary N) is 1. The Kier molecular flexibility index (Phi) is 6.44. The zero-order valence-electron chi connectivity index (χ0n) is 15.4. The summed E-state index contributed by atoms with van der Waals surface area (Å²) in [5, 5.41) is 2.62. The molecule has 0 aromatic heterocycles. The molecule has 2 heterocycles. The van der Waals surface area contributed by atoms with E-state index in [1.165, 1.54) is 23.4 Å². The summed E-state index contributed by atoms with van der Waals surface area (Å²) in [6.07, 6.45) is 1.41. The van der Waals surface area contributed by atoms with E-state index >= 15 is 0 Å². The van der Waals surface area contributed by atoms with Crippen molar-refractivity contribution in [1.82, 2.24) is 9.21 Å². The number of piperidine rings is 1. The molecule has 2 saturated heterocycles. The first-order chi connectivity index (χ1) is 12.9. The normalized spacial score (nSPS) is 21.7. The monoisotopic (exact) mass is 411 g/mol. The Balaban J connectivity index is 1.70. The van der Waals surface area contributed by atoms with Gasteiger partial charge in [-0.25, -0.2) is 8.42 Å². The van der Waals surface area contributed by atoms with Crippen molar-refractivity contribution in [3.63, 3.8) is 0 Å². The Morgan fingerprint density at radius 3 is 2.41 bits per heavy atom. The summed E-state index contributed by atoms with van der Waals surface area (Å²) >= 11 is 1.84. The minimum absolute atomic E-state index is 0.0798. The largest absolute Gasteiger partial charge is 0.341 e. The highest BCUT2D eigenvalue weighted by molar-refractivity contribution is 7.99. The number of carbonyl (C=O) groups is 2. The summed E-state index contributed by atoms with van der Waals surface area (Å²) in [5.74, 6) is 1.49. The van der Waals surface area contributed by atoms with Gasteiger partial charge in [-0.3, -0.25) is 9.59 Å². The third-order valence-corrected chi connectivity index (χ3v) is 7.69. The number of hydrogen-bond donors (Lipinski definition) is 1. The van der Waals surface area contributed by atoms with Gasteiger partial charge in [-0.2, -0.15) is 16.1 Å².